The normalized spacial score (nSPS) is 16.6. The van der Waals surface area contributed by atoms with E-state index in [9.17, 15) is 4.39 Å². The van der Waals surface area contributed by atoms with Gasteiger partial charge >= 0.3 is 0 Å². The molecule has 0 radical (unpaired) electrons. The van der Waals surface area contributed by atoms with Crippen molar-refractivity contribution in [2.45, 2.75) is 26.3 Å². The number of benzene rings is 1. The van der Waals surface area contributed by atoms with E-state index in [1.54, 1.807) is 6.07 Å². The number of hydrogen-bond acceptors (Lipinski definition) is 3. The van der Waals surface area contributed by atoms with E-state index in [0.29, 0.717) is 0 Å². The van der Waals surface area contributed by atoms with Crippen LogP contribution in [-0.2, 0) is 6.54 Å². The highest BCUT2D eigenvalue weighted by Gasteiger charge is 2.17. The van der Waals surface area contributed by atoms with Crippen LogP contribution >= 0.6 is 0 Å². The second-order valence-corrected chi connectivity index (χ2v) is 5.61. The zero-order valence-corrected chi connectivity index (χ0v) is 12.7. The largest absolute Gasteiger partial charge is 0.367 e. The van der Waals surface area contributed by atoms with Crippen LogP contribution in [0.2, 0.25) is 0 Å². The topological polar surface area (TPSA) is 18.5 Å². The standard InChI is InChI=1S/C16H26FN3/c1-3-4-7-18-13-14-5-6-15(17)16(12-14)20-10-8-19(2)9-11-20/h5-6,12,18H,3-4,7-11,13H2,1-2H3. The molecule has 0 spiro atoms. The molecule has 0 unspecified atom stereocenters. The van der Waals surface area contributed by atoms with Crippen LogP contribution in [0.5, 0.6) is 0 Å². The lowest BCUT2D eigenvalue weighted by Crippen LogP contribution is -2.44. The monoisotopic (exact) mass is 279 g/mol. The van der Waals surface area contributed by atoms with Crippen molar-refractivity contribution in [3.63, 3.8) is 0 Å². The summed E-state index contributed by atoms with van der Waals surface area (Å²) in [7, 11) is 2.11. The summed E-state index contributed by atoms with van der Waals surface area (Å²) in [6, 6.07) is 5.48. The van der Waals surface area contributed by atoms with Crippen LogP contribution in [0.3, 0.4) is 0 Å². The van der Waals surface area contributed by atoms with Gasteiger partial charge in [-0.2, -0.15) is 0 Å². The first-order valence-corrected chi connectivity index (χ1v) is 7.63. The van der Waals surface area contributed by atoms with Gasteiger partial charge in [0.05, 0.1) is 5.69 Å². The van der Waals surface area contributed by atoms with E-state index in [4.69, 9.17) is 0 Å². The Kier molecular flexibility index (Phi) is 5.80. The Labute approximate surface area is 121 Å². The molecule has 0 aromatic heterocycles. The van der Waals surface area contributed by atoms with Crippen molar-refractivity contribution in [1.29, 1.82) is 0 Å². The lowest BCUT2D eigenvalue weighted by atomic mass is 10.1. The molecule has 3 nitrogen and oxygen atoms in total. The van der Waals surface area contributed by atoms with Crippen LogP contribution in [0.15, 0.2) is 18.2 Å². The smallest absolute Gasteiger partial charge is 0.146 e. The molecular formula is C16H26FN3. The fraction of sp³-hybridized carbons (Fsp3) is 0.625. The van der Waals surface area contributed by atoms with Crippen molar-refractivity contribution in [2.75, 3.05) is 44.7 Å². The molecule has 1 fully saturated rings. The lowest BCUT2D eigenvalue weighted by molar-refractivity contribution is 0.311. The number of halogens is 1. The molecule has 112 valence electrons. The van der Waals surface area contributed by atoms with E-state index < -0.39 is 0 Å². The van der Waals surface area contributed by atoms with E-state index >= 15 is 0 Å². The van der Waals surface area contributed by atoms with Gasteiger partial charge in [-0.15, -0.1) is 0 Å². The molecule has 0 atom stereocenters. The molecule has 1 N–H and O–H groups in total. The van der Waals surface area contributed by atoms with Crippen LogP contribution in [0.4, 0.5) is 10.1 Å². The van der Waals surface area contributed by atoms with Crippen LogP contribution in [0.25, 0.3) is 0 Å². The summed E-state index contributed by atoms with van der Waals surface area (Å²) in [5.74, 6) is -0.105. The first-order valence-electron chi connectivity index (χ1n) is 7.63. The molecule has 2 rings (SSSR count). The molecule has 1 aromatic rings. The summed E-state index contributed by atoms with van der Waals surface area (Å²) in [5.41, 5.74) is 1.92. The lowest BCUT2D eigenvalue weighted by Gasteiger charge is -2.34. The first kappa shape index (κ1) is 15.3. The maximum absolute atomic E-state index is 14.0. The van der Waals surface area contributed by atoms with Crippen molar-refractivity contribution < 1.29 is 4.39 Å². The minimum absolute atomic E-state index is 0.105. The van der Waals surface area contributed by atoms with Gasteiger partial charge in [-0.25, -0.2) is 4.39 Å². The number of rotatable bonds is 6. The third-order valence-corrected chi connectivity index (χ3v) is 3.89. The number of unbranched alkanes of at least 4 members (excludes halogenated alkanes) is 1. The average Bonchev–Trinajstić information content (AvgIpc) is 2.46. The Bertz CT molecular complexity index is 414. The van der Waals surface area contributed by atoms with Gasteiger partial charge in [0, 0.05) is 32.7 Å². The highest BCUT2D eigenvalue weighted by atomic mass is 19.1. The minimum Gasteiger partial charge on any atom is -0.367 e. The predicted octanol–water partition coefficient (Wildman–Crippen LogP) is 2.47. The van der Waals surface area contributed by atoms with Crippen LogP contribution < -0.4 is 10.2 Å². The molecule has 1 aliphatic heterocycles. The van der Waals surface area contributed by atoms with E-state index in [1.807, 2.05) is 12.1 Å². The van der Waals surface area contributed by atoms with E-state index in [1.165, 1.54) is 12.8 Å². The molecule has 0 saturated carbocycles. The number of piperazine rings is 1. The number of hydrogen-bond donors (Lipinski definition) is 1. The summed E-state index contributed by atoms with van der Waals surface area (Å²) in [6.45, 7) is 7.83. The van der Waals surface area contributed by atoms with E-state index in [-0.39, 0.29) is 5.82 Å². The molecule has 1 saturated heterocycles. The van der Waals surface area contributed by atoms with Crippen molar-refractivity contribution in [3.8, 4) is 0 Å². The maximum atomic E-state index is 14.0. The molecular weight excluding hydrogens is 253 g/mol. The number of likely N-dealkylation sites (N-methyl/N-ethyl adjacent to an activating group) is 1. The SMILES string of the molecule is CCCCNCc1ccc(F)c(N2CCN(C)CC2)c1. The van der Waals surface area contributed by atoms with Crippen LogP contribution in [-0.4, -0.2) is 44.7 Å². The summed E-state index contributed by atoms with van der Waals surface area (Å²) in [6.07, 6.45) is 2.38. The Morgan fingerprint density at radius 2 is 1.95 bits per heavy atom. The highest BCUT2D eigenvalue weighted by molar-refractivity contribution is 5.50. The van der Waals surface area contributed by atoms with Crippen molar-refractivity contribution in [3.05, 3.63) is 29.6 Å². The van der Waals surface area contributed by atoms with E-state index in [2.05, 4.69) is 29.1 Å². The molecule has 1 aromatic carbocycles. The van der Waals surface area contributed by atoms with Gasteiger partial charge in [-0.3, -0.25) is 0 Å². The van der Waals surface area contributed by atoms with Gasteiger partial charge in [0.2, 0.25) is 0 Å². The number of anilines is 1. The average molecular weight is 279 g/mol. The van der Waals surface area contributed by atoms with Crippen molar-refractivity contribution in [2.24, 2.45) is 0 Å². The van der Waals surface area contributed by atoms with Gasteiger partial charge in [-0.1, -0.05) is 19.4 Å². The van der Waals surface area contributed by atoms with Gasteiger partial charge in [-0.05, 0) is 37.7 Å². The van der Waals surface area contributed by atoms with Crippen molar-refractivity contribution >= 4 is 5.69 Å². The molecule has 0 bridgehead atoms. The second-order valence-electron chi connectivity index (χ2n) is 5.61. The van der Waals surface area contributed by atoms with Gasteiger partial charge in [0.1, 0.15) is 5.82 Å². The Morgan fingerprint density at radius 3 is 2.65 bits per heavy atom. The number of nitrogens with one attached hydrogen (secondary N) is 1. The third-order valence-electron chi connectivity index (χ3n) is 3.89. The Morgan fingerprint density at radius 1 is 1.20 bits per heavy atom. The fourth-order valence-electron chi connectivity index (χ4n) is 2.49. The van der Waals surface area contributed by atoms with Crippen LogP contribution in [0, 0.1) is 5.82 Å². The quantitative estimate of drug-likeness (QED) is 0.807. The molecule has 4 heteroatoms. The molecule has 0 amide bonds. The second kappa shape index (κ2) is 7.60. The minimum atomic E-state index is -0.105. The summed E-state index contributed by atoms with van der Waals surface area (Å²) < 4.78 is 14.0. The molecule has 20 heavy (non-hydrogen) atoms. The summed E-state index contributed by atoms with van der Waals surface area (Å²) in [4.78, 5) is 4.44. The van der Waals surface area contributed by atoms with E-state index in [0.717, 1.165) is 50.5 Å². The summed E-state index contributed by atoms with van der Waals surface area (Å²) in [5, 5.41) is 3.41. The highest BCUT2D eigenvalue weighted by Crippen LogP contribution is 2.22. The predicted molar refractivity (Wildman–Crippen MR) is 82.7 cm³/mol. The Balaban J connectivity index is 1.97. The zero-order valence-electron chi connectivity index (χ0n) is 12.7. The zero-order chi connectivity index (χ0) is 14.4. The van der Waals surface area contributed by atoms with Gasteiger partial charge < -0.3 is 15.1 Å². The molecule has 0 aliphatic carbocycles. The Hall–Kier alpha value is -1.13. The maximum Gasteiger partial charge on any atom is 0.146 e. The molecule has 1 heterocycles. The summed E-state index contributed by atoms with van der Waals surface area (Å²) >= 11 is 0. The fourth-order valence-corrected chi connectivity index (χ4v) is 2.49. The number of nitrogens with zero attached hydrogens (tertiary/aromatic N) is 2. The third kappa shape index (κ3) is 4.18. The van der Waals surface area contributed by atoms with Gasteiger partial charge in [0.15, 0.2) is 0 Å². The van der Waals surface area contributed by atoms with Crippen LogP contribution in [0.1, 0.15) is 25.3 Å². The first-order chi connectivity index (χ1) is 9.70. The van der Waals surface area contributed by atoms with Crippen molar-refractivity contribution in [1.82, 2.24) is 10.2 Å². The van der Waals surface area contributed by atoms with Gasteiger partial charge in [0.25, 0.3) is 0 Å². The molecule has 1 aliphatic rings.